The van der Waals surface area contributed by atoms with Gasteiger partial charge in [-0.05, 0) is 31.0 Å². The fourth-order valence-corrected chi connectivity index (χ4v) is 3.55. The van der Waals surface area contributed by atoms with Crippen LogP contribution >= 0.6 is 0 Å². The molecule has 3 aromatic rings. The SMILES string of the molecule is Cn1nc(CC(=O)N2CCCC(Oc3ncccc3F)C2)c2ccccc21. The molecule has 2 aromatic heterocycles. The van der Waals surface area contributed by atoms with Crippen molar-refractivity contribution in [3.05, 3.63) is 54.1 Å². The molecule has 0 radical (unpaired) electrons. The number of hydrogen-bond acceptors (Lipinski definition) is 4. The Balaban J connectivity index is 1.45. The average Bonchev–Trinajstić information content (AvgIpc) is 3.00. The Labute approximate surface area is 156 Å². The standard InChI is InChI=1S/C20H21FN4O2/c1-24-18-9-3-2-7-15(18)17(23-24)12-19(26)25-11-5-6-14(13-25)27-20-16(21)8-4-10-22-20/h2-4,7-10,14H,5-6,11-13H2,1H3. The van der Waals surface area contributed by atoms with Gasteiger partial charge in [0.25, 0.3) is 5.88 Å². The third-order valence-corrected chi connectivity index (χ3v) is 4.89. The highest BCUT2D eigenvalue weighted by atomic mass is 19.1. The van der Waals surface area contributed by atoms with E-state index in [2.05, 4.69) is 10.1 Å². The molecule has 1 unspecified atom stereocenters. The van der Waals surface area contributed by atoms with Crippen molar-refractivity contribution in [2.75, 3.05) is 13.1 Å². The molecule has 3 heterocycles. The number of amides is 1. The van der Waals surface area contributed by atoms with Crippen molar-refractivity contribution in [2.45, 2.75) is 25.4 Å². The molecular formula is C20H21FN4O2. The third kappa shape index (κ3) is 3.63. The Morgan fingerprint density at radius 2 is 2.15 bits per heavy atom. The van der Waals surface area contributed by atoms with Crippen molar-refractivity contribution in [3.63, 3.8) is 0 Å². The highest BCUT2D eigenvalue weighted by Gasteiger charge is 2.27. The second-order valence-corrected chi connectivity index (χ2v) is 6.78. The summed E-state index contributed by atoms with van der Waals surface area (Å²) >= 11 is 0. The zero-order chi connectivity index (χ0) is 18.8. The topological polar surface area (TPSA) is 60.2 Å². The second-order valence-electron chi connectivity index (χ2n) is 6.78. The van der Waals surface area contributed by atoms with E-state index in [-0.39, 0.29) is 24.3 Å². The number of carbonyl (C=O) groups excluding carboxylic acids is 1. The van der Waals surface area contributed by atoms with Gasteiger partial charge in [0.2, 0.25) is 5.91 Å². The first-order valence-corrected chi connectivity index (χ1v) is 9.07. The summed E-state index contributed by atoms with van der Waals surface area (Å²) in [6.45, 7) is 1.10. The van der Waals surface area contributed by atoms with Crippen molar-refractivity contribution in [1.29, 1.82) is 0 Å². The molecule has 1 aliphatic rings. The molecular weight excluding hydrogens is 347 g/mol. The summed E-state index contributed by atoms with van der Waals surface area (Å²) in [5.74, 6) is -0.484. The third-order valence-electron chi connectivity index (χ3n) is 4.89. The van der Waals surface area contributed by atoms with Gasteiger partial charge in [0.05, 0.1) is 24.2 Å². The zero-order valence-electron chi connectivity index (χ0n) is 15.1. The number of aryl methyl sites for hydroxylation is 1. The molecule has 0 aliphatic carbocycles. The van der Waals surface area contributed by atoms with E-state index in [1.165, 1.54) is 18.3 Å². The van der Waals surface area contributed by atoms with Gasteiger partial charge in [-0.15, -0.1) is 0 Å². The Bertz CT molecular complexity index is 972. The van der Waals surface area contributed by atoms with Crippen LogP contribution in [0.15, 0.2) is 42.6 Å². The molecule has 1 aromatic carbocycles. The quantitative estimate of drug-likeness (QED) is 0.710. The number of ether oxygens (including phenoxy) is 1. The Kier molecular flexibility index (Phi) is 4.75. The summed E-state index contributed by atoms with van der Waals surface area (Å²) < 4.78 is 21.2. The molecule has 0 saturated carbocycles. The average molecular weight is 368 g/mol. The lowest BCUT2D eigenvalue weighted by Gasteiger charge is -2.32. The summed E-state index contributed by atoms with van der Waals surface area (Å²) in [6, 6.07) is 10.7. The van der Waals surface area contributed by atoms with E-state index in [1.54, 1.807) is 9.58 Å². The van der Waals surface area contributed by atoms with Crippen LogP contribution in [0.3, 0.4) is 0 Å². The molecule has 1 amide bonds. The molecule has 6 nitrogen and oxygen atoms in total. The second kappa shape index (κ2) is 7.34. The van der Waals surface area contributed by atoms with Crippen LogP contribution in [-0.4, -0.2) is 44.8 Å². The van der Waals surface area contributed by atoms with E-state index >= 15 is 0 Å². The summed E-state index contributed by atoms with van der Waals surface area (Å²) in [7, 11) is 1.88. The lowest BCUT2D eigenvalue weighted by molar-refractivity contribution is -0.133. The number of nitrogens with zero attached hydrogens (tertiary/aromatic N) is 4. The minimum absolute atomic E-state index is 0.00693. The zero-order valence-corrected chi connectivity index (χ0v) is 15.1. The van der Waals surface area contributed by atoms with Crippen LogP contribution < -0.4 is 4.74 Å². The number of fused-ring (bicyclic) bond motifs is 1. The van der Waals surface area contributed by atoms with Crippen LogP contribution in [0.5, 0.6) is 5.88 Å². The van der Waals surface area contributed by atoms with Crippen molar-refractivity contribution < 1.29 is 13.9 Å². The summed E-state index contributed by atoms with van der Waals surface area (Å²) in [4.78, 5) is 18.5. The Morgan fingerprint density at radius 1 is 1.30 bits per heavy atom. The normalized spacial score (nSPS) is 17.3. The van der Waals surface area contributed by atoms with Crippen LogP contribution in [0.4, 0.5) is 4.39 Å². The maximum atomic E-state index is 13.8. The molecule has 0 bridgehead atoms. The van der Waals surface area contributed by atoms with Crippen molar-refractivity contribution in [1.82, 2.24) is 19.7 Å². The summed E-state index contributed by atoms with van der Waals surface area (Å²) in [6.07, 6.45) is 3.07. The van der Waals surface area contributed by atoms with Crippen molar-refractivity contribution in [3.8, 4) is 5.88 Å². The summed E-state index contributed by atoms with van der Waals surface area (Å²) in [5.41, 5.74) is 1.78. The number of benzene rings is 1. The number of hydrogen-bond donors (Lipinski definition) is 0. The van der Waals surface area contributed by atoms with Gasteiger partial charge in [0.15, 0.2) is 5.82 Å². The first-order valence-electron chi connectivity index (χ1n) is 9.07. The van der Waals surface area contributed by atoms with Gasteiger partial charge in [-0.25, -0.2) is 9.37 Å². The van der Waals surface area contributed by atoms with E-state index in [1.807, 2.05) is 31.3 Å². The molecule has 27 heavy (non-hydrogen) atoms. The van der Waals surface area contributed by atoms with Crippen molar-refractivity contribution >= 4 is 16.8 Å². The van der Waals surface area contributed by atoms with Gasteiger partial charge in [0, 0.05) is 25.2 Å². The van der Waals surface area contributed by atoms with Gasteiger partial charge in [-0.3, -0.25) is 9.48 Å². The monoisotopic (exact) mass is 368 g/mol. The van der Waals surface area contributed by atoms with E-state index in [9.17, 15) is 9.18 Å². The van der Waals surface area contributed by atoms with E-state index in [0.29, 0.717) is 13.1 Å². The summed E-state index contributed by atoms with van der Waals surface area (Å²) in [5, 5.41) is 5.50. The lowest BCUT2D eigenvalue weighted by Crippen LogP contribution is -2.45. The minimum Gasteiger partial charge on any atom is -0.470 e. The molecule has 1 aliphatic heterocycles. The smallest absolute Gasteiger partial charge is 0.250 e. The first kappa shape index (κ1) is 17.5. The van der Waals surface area contributed by atoms with Crippen LogP contribution in [-0.2, 0) is 18.3 Å². The number of halogens is 1. The fourth-order valence-electron chi connectivity index (χ4n) is 3.55. The molecule has 4 rings (SSSR count). The fraction of sp³-hybridized carbons (Fsp3) is 0.350. The van der Waals surface area contributed by atoms with Gasteiger partial charge in [-0.2, -0.15) is 5.10 Å². The van der Waals surface area contributed by atoms with E-state index in [4.69, 9.17) is 4.74 Å². The number of aromatic nitrogens is 3. The van der Waals surface area contributed by atoms with Crippen LogP contribution in [0.2, 0.25) is 0 Å². The maximum Gasteiger partial charge on any atom is 0.250 e. The molecule has 7 heteroatoms. The molecule has 1 fully saturated rings. The number of rotatable bonds is 4. The van der Waals surface area contributed by atoms with Gasteiger partial charge >= 0.3 is 0 Å². The minimum atomic E-state index is -0.485. The Hall–Kier alpha value is -2.96. The first-order chi connectivity index (χ1) is 13.1. The van der Waals surface area contributed by atoms with Gasteiger partial charge < -0.3 is 9.64 Å². The number of pyridine rings is 1. The molecule has 0 spiro atoms. The number of carbonyl (C=O) groups is 1. The maximum absolute atomic E-state index is 13.8. The van der Waals surface area contributed by atoms with Crippen LogP contribution in [0.1, 0.15) is 18.5 Å². The van der Waals surface area contributed by atoms with Crippen LogP contribution in [0.25, 0.3) is 10.9 Å². The molecule has 1 atom stereocenters. The van der Waals surface area contributed by atoms with Crippen LogP contribution in [0, 0.1) is 5.82 Å². The largest absolute Gasteiger partial charge is 0.470 e. The van der Waals surface area contributed by atoms with Gasteiger partial charge in [0.1, 0.15) is 6.10 Å². The number of para-hydroxylation sites is 1. The Morgan fingerprint density at radius 3 is 3.00 bits per heavy atom. The molecule has 0 N–H and O–H groups in total. The number of piperidine rings is 1. The highest BCUT2D eigenvalue weighted by Crippen LogP contribution is 2.21. The van der Waals surface area contributed by atoms with Gasteiger partial charge in [-0.1, -0.05) is 18.2 Å². The van der Waals surface area contributed by atoms with Crippen molar-refractivity contribution in [2.24, 2.45) is 7.05 Å². The highest BCUT2D eigenvalue weighted by molar-refractivity contribution is 5.87. The van der Waals surface area contributed by atoms with E-state index < -0.39 is 5.82 Å². The molecule has 1 saturated heterocycles. The number of likely N-dealkylation sites (tertiary alicyclic amines) is 1. The van der Waals surface area contributed by atoms with E-state index in [0.717, 1.165) is 29.4 Å². The lowest BCUT2D eigenvalue weighted by atomic mass is 10.1. The predicted octanol–water partition coefficient (Wildman–Crippen LogP) is 2.72. The molecule has 140 valence electrons. The predicted molar refractivity (Wildman–Crippen MR) is 98.8 cm³/mol.